The van der Waals surface area contributed by atoms with Crippen LogP contribution in [0.1, 0.15) is 28.5 Å². The fourth-order valence-electron chi connectivity index (χ4n) is 3.42. The van der Waals surface area contributed by atoms with E-state index in [2.05, 4.69) is 45.3 Å². The average Bonchev–Trinajstić information content (AvgIpc) is 2.99. The highest BCUT2D eigenvalue weighted by Crippen LogP contribution is 2.37. The number of benzene rings is 2. The molecule has 0 saturated carbocycles. The van der Waals surface area contributed by atoms with Crippen LogP contribution in [0, 0.1) is 6.92 Å². The van der Waals surface area contributed by atoms with Gasteiger partial charge in [-0.1, -0.05) is 36.4 Å². The minimum absolute atomic E-state index is 0.233. The molecule has 130 valence electrons. The molecule has 2 aromatic carbocycles. The smallest absolute Gasteiger partial charge is 0.274 e. The zero-order chi connectivity index (χ0) is 18.1. The fourth-order valence-corrected chi connectivity index (χ4v) is 3.42. The molecule has 0 fully saturated rings. The number of para-hydroxylation sites is 2. The van der Waals surface area contributed by atoms with Gasteiger partial charge in [0.1, 0.15) is 17.8 Å². The minimum atomic E-state index is -0.233. The maximum Gasteiger partial charge on any atom is 0.274 e. The molecule has 1 aliphatic heterocycles. The van der Waals surface area contributed by atoms with Crippen molar-refractivity contribution in [2.75, 3.05) is 10.2 Å². The lowest BCUT2D eigenvalue weighted by Crippen LogP contribution is -2.25. The molecule has 4 rings (SSSR count). The number of rotatable bonds is 3. The van der Waals surface area contributed by atoms with Crippen LogP contribution in [-0.2, 0) is 6.42 Å². The second-order valence-corrected chi connectivity index (χ2v) is 6.58. The summed E-state index contributed by atoms with van der Waals surface area (Å²) in [5.74, 6) is 0.510. The van der Waals surface area contributed by atoms with Crippen LogP contribution >= 0.6 is 0 Å². The molecule has 2 heterocycles. The zero-order valence-electron chi connectivity index (χ0n) is 14.8. The van der Waals surface area contributed by atoms with Crippen LogP contribution < -0.4 is 10.2 Å². The van der Waals surface area contributed by atoms with Gasteiger partial charge in [0, 0.05) is 23.5 Å². The van der Waals surface area contributed by atoms with Crippen LogP contribution in [0.2, 0.25) is 0 Å². The van der Waals surface area contributed by atoms with Gasteiger partial charge >= 0.3 is 0 Å². The van der Waals surface area contributed by atoms with Gasteiger partial charge in [0.25, 0.3) is 5.91 Å². The Hall–Kier alpha value is -3.21. The number of nitrogens with zero attached hydrogens (tertiary/aromatic N) is 3. The lowest BCUT2D eigenvalue weighted by molar-refractivity contribution is 0.102. The third-order valence-corrected chi connectivity index (χ3v) is 4.73. The highest BCUT2D eigenvalue weighted by Gasteiger charge is 2.28. The molecule has 26 heavy (non-hydrogen) atoms. The number of hydrogen-bond donors (Lipinski definition) is 1. The number of amides is 1. The van der Waals surface area contributed by atoms with E-state index in [0.29, 0.717) is 5.69 Å². The Morgan fingerprint density at radius 3 is 2.73 bits per heavy atom. The molecule has 0 aliphatic carbocycles. The van der Waals surface area contributed by atoms with Crippen LogP contribution in [0.5, 0.6) is 0 Å². The third-order valence-electron chi connectivity index (χ3n) is 4.73. The van der Waals surface area contributed by atoms with Gasteiger partial charge in [-0.2, -0.15) is 0 Å². The molecular weight excluding hydrogens is 324 g/mol. The molecule has 1 N–H and O–H groups in total. The Bertz CT molecular complexity index is 969. The normalized spacial score (nSPS) is 15.6. The van der Waals surface area contributed by atoms with E-state index in [1.807, 2.05) is 37.3 Å². The van der Waals surface area contributed by atoms with Crippen molar-refractivity contribution < 1.29 is 4.79 Å². The molecule has 1 aliphatic rings. The Morgan fingerprint density at radius 2 is 1.88 bits per heavy atom. The predicted molar refractivity (Wildman–Crippen MR) is 103 cm³/mol. The van der Waals surface area contributed by atoms with E-state index < -0.39 is 0 Å². The molecule has 1 aromatic heterocycles. The number of carbonyl (C=O) groups is 1. The summed E-state index contributed by atoms with van der Waals surface area (Å²) >= 11 is 0. The van der Waals surface area contributed by atoms with Crippen molar-refractivity contribution >= 4 is 23.1 Å². The first kappa shape index (κ1) is 16.3. The number of aromatic nitrogens is 2. The standard InChI is InChI=1S/C21H20N4O/c1-14-7-3-5-9-17(14)24-21(26)18-12-20(23-13-22-18)25-15(2)11-16-8-4-6-10-19(16)25/h3-10,12-13,15H,11H2,1-2H3,(H,24,26). The average molecular weight is 344 g/mol. The molecule has 0 spiro atoms. The number of hydrogen-bond acceptors (Lipinski definition) is 4. The highest BCUT2D eigenvalue weighted by atomic mass is 16.1. The number of anilines is 3. The summed E-state index contributed by atoms with van der Waals surface area (Å²) in [6.07, 6.45) is 2.42. The van der Waals surface area contributed by atoms with Crippen LogP contribution in [0.15, 0.2) is 60.9 Å². The summed E-state index contributed by atoms with van der Waals surface area (Å²) in [4.78, 5) is 23.4. The summed E-state index contributed by atoms with van der Waals surface area (Å²) in [6.45, 7) is 4.12. The maximum absolute atomic E-state index is 12.6. The van der Waals surface area contributed by atoms with E-state index in [1.54, 1.807) is 6.07 Å². The van der Waals surface area contributed by atoms with E-state index in [1.165, 1.54) is 11.9 Å². The van der Waals surface area contributed by atoms with Crippen LogP contribution in [0.3, 0.4) is 0 Å². The first-order chi connectivity index (χ1) is 12.6. The van der Waals surface area contributed by atoms with Crippen molar-refractivity contribution in [3.63, 3.8) is 0 Å². The molecule has 1 unspecified atom stereocenters. The summed E-state index contributed by atoms with van der Waals surface area (Å²) < 4.78 is 0. The number of carbonyl (C=O) groups excluding carboxylic acids is 1. The second kappa shape index (κ2) is 6.59. The predicted octanol–water partition coefficient (Wildman–Crippen LogP) is 4.12. The van der Waals surface area contributed by atoms with Gasteiger partial charge in [-0.3, -0.25) is 4.79 Å². The van der Waals surface area contributed by atoms with E-state index in [4.69, 9.17) is 0 Å². The molecule has 0 saturated heterocycles. The van der Waals surface area contributed by atoms with Crippen LogP contribution in [0.25, 0.3) is 0 Å². The fraction of sp³-hybridized carbons (Fsp3) is 0.190. The van der Waals surface area contributed by atoms with E-state index >= 15 is 0 Å². The van der Waals surface area contributed by atoms with Gasteiger partial charge < -0.3 is 10.2 Å². The molecule has 0 bridgehead atoms. The summed E-state index contributed by atoms with van der Waals surface area (Å²) in [6, 6.07) is 18.0. The minimum Gasteiger partial charge on any atom is -0.323 e. The third kappa shape index (κ3) is 2.92. The second-order valence-electron chi connectivity index (χ2n) is 6.58. The van der Waals surface area contributed by atoms with Gasteiger partial charge in [-0.25, -0.2) is 9.97 Å². The van der Waals surface area contributed by atoms with Crippen molar-refractivity contribution in [3.8, 4) is 0 Å². The Morgan fingerprint density at radius 1 is 1.12 bits per heavy atom. The summed E-state index contributed by atoms with van der Waals surface area (Å²) in [7, 11) is 0. The number of nitrogens with one attached hydrogen (secondary N) is 1. The SMILES string of the molecule is Cc1ccccc1NC(=O)c1cc(N2c3ccccc3CC2C)ncn1. The number of fused-ring (bicyclic) bond motifs is 1. The first-order valence-electron chi connectivity index (χ1n) is 8.69. The van der Waals surface area contributed by atoms with Gasteiger partial charge in [-0.15, -0.1) is 0 Å². The number of aryl methyl sites for hydroxylation is 1. The van der Waals surface area contributed by atoms with Crippen molar-refractivity contribution in [3.05, 3.63) is 77.7 Å². The molecule has 1 amide bonds. The van der Waals surface area contributed by atoms with Crippen molar-refractivity contribution in [2.45, 2.75) is 26.3 Å². The van der Waals surface area contributed by atoms with Crippen LogP contribution in [-0.4, -0.2) is 21.9 Å². The van der Waals surface area contributed by atoms with E-state index in [-0.39, 0.29) is 11.9 Å². The van der Waals surface area contributed by atoms with Gasteiger partial charge in [-0.05, 0) is 43.5 Å². The Labute approximate surface area is 152 Å². The molecular formula is C21H20N4O. The Balaban J connectivity index is 1.63. The largest absolute Gasteiger partial charge is 0.323 e. The molecule has 5 nitrogen and oxygen atoms in total. The van der Waals surface area contributed by atoms with E-state index in [0.717, 1.165) is 29.2 Å². The highest BCUT2D eigenvalue weighted by molar-refractivity contribution is 6.03. The monoisotopic (exact) mass is 344 g/mol. The maximum atomic E-state index is 12.6. The molecule has 0 radical (unpaired) electrons. The quantitative estimate of drug-likeness (QED) is 0.776. The Kier molecular flexibility index (Phi) is 4.13. The molecule has 1 atom stereocenters. The van der Waals surface area contributed by atoms with Crippen molar-refractivity contribution in [1.82, 2.24) is 9.97 Å². The lowest BCUT2D eigenvalue weighted by atomic mass is 10.1. The zero-order valence-corrected chi connectivity index (χ0v) is 14.8. The van der Waals surface area contributed by atoms with Crippen molar-refractivity contribution in [2.24, 2.45) is 0 Å². The molecule has 5 heteroatoms. The van der Waals surface area contributed by atoms with Crippen LogP contribution in [0.4, 0.5) is 17.2 Å². The summed E-state index contributed by atoms with van der Waals surface area (Å²) in [5.41, 5.74) is 4.60. The lowest BCUT2D eigenvalue weighted by Gasteiger charge is -2.23. The topological polar surface area (TPSA) is 58.1 Å². The first-order valence-corrected chi connectivity index (χ1v) is 8.69. The molecule has 3 aromatic rings. The van der Waals surface area contributed by atoms with Gasteiger partial charge in [0.05, 0.1) is 0 Å². The van der Waals surface area contributed by atoms with E-state index in [9.17, 15) is 4.79 Å². The van der Waals surface area contributed by atoms with Crippen molar-refractivity contribution in [1.29, 1.82) is 0 Å². The summed E-state index contributed by atoms with van der Waals surface area (Å²) in [5, 5.41) is 2.93. The van der Waals surface area contributed by atoms with Gasteiger partial charge in [0.2, 0.25) is 0 Å². The van der Waals surface area contributed by atoms with Gasteiger partial charge in [0.15, 0.2) is 0 Å².